The number of hydrogen-bond acceptors (Lipinski definition) is 6. The van der Waals surface area contributed by atoms with Gasteiger partial charge in [0.15, 0.2) is 4.80 Å². The van der Waals surface area contributed by atoms with E-state index in [1.807, 2.05) is 97.1 Å². The number of nitrogens with one attached hydrogen (secondary N) is 1. The Bertz CT molecular complexity index is 2160. The lowest BCUT2D eigenvalue weighted by Gasteiger charge is -2.25. The number of ether oxygens (including phenoxy) is 2. The number of thiazole rings is 1. The van der Waals surface area contributed by atoms with Crippen LogP contribution in [0.3, 0.4) is 0 Å². The van der Waals surface area contributed by atoms with Gasteiger partial charge < -0.3 is 14.8 Å². The van der Waals surface area contributed by atoms with Crippen molar-refractivity contribution < 1.29 is 14.3 Å². The first-order valence-electron chi connectivity index (χ1n) is 14.1. The number of methoxy groups -OCH3 is 1. The molecule has 1 aliphatic heterocycles. The summed E-state index contributed by atoms with van der Waals surface area (Å²) in [5.41, 5.74) is 3.91. The Balaban J connectivity index is 1.40. The lowest BCUT2D eigenvalue weighted by Crippen LogP contribution is -2.40. The summed E-state index contributed by atoms with van der Waals surface area (Å²) in [6.45, 7) is 2.19. The standard InChI is InChI=1S/C35H26ClI2N3O4S/c1-20-30(33(42)40-25-11-4-3-5-12-25)31(23-9-7-13-26(18-23)44-2)41-34(43)29(46-35(41)39-20)17-22-15-27(37)32(28(38)16-22)45-19-21-8-6-10-24(36)14-21/h3-18,31H,19H2,1-2H3,(H,40,42)/b29-17-/t31-/m0/s1. The number of anilines is 1. The molecule has 5 aromatic rings. The normalized spacial score (nSPS) is 14.5. The molecular formula is C35H26ClI2N3O4S. The van der Waals surface area contributed by atoms with E-state index in [2.05, 4.69) is 50.5 Å². The maximum absolute atomic E-state index is 14.2. The van der Waals surface area contributed by atoms with Gasteiger partial charge in [-0.3, -0.25) is 14.2 Å². The molecule has 7 nitrogen and oxygen atoms in total. The molecular weight excluding hydrogens is 848 g/mol. The van der Waals surface area contributed by atoms with Crippen LogP contribution in [0.4, 0.5) is 5.69 Å². The number of amides is 1. The molecule has 0 radical (unpaired) electrons. The summed E-state index contributed by atoms with van der Waals surface area (Å²) >= 11 is 11.9. The van der Waals surface area contributed by atoms with Gasteiger partial charge in [0.2, 0.25) is 0 Å². The zero-order valence-corrected chi connectivity index (χ0v) is 30.5. The Morgan fingerprint density at radius 2 is 1.76 bits per heavy atom. The Morgan fingerprint density at radius 3 is 2.48 bits per heavy atom. The van der Waals surface area contributed by atoms with E-state index in [0.29, 0.717) is 43.7 Å². The fourth-order valence-corrected chi connectivity index (χ4v) is 8.58. The minimum Gasteiger partial charge on any atom is -0.497 e. The summed E-state index contributed by atoms with van der Waals surface area (Å²) in [7, 11) is 1.59. The zero-order chi connectivity index (χ0) is 32.4. The van der Waals surface area contributed by atoms with Gasteiger partial charge in [0.05, 0.1) is 36.1 Å². The maximum Gasteiger partial charge on any atom is 0.271 e. The van der Waals surface area contributed by atoms with Gasteiger partial charge >= 0.3 is 0 Å². The van der Waals surface area contributed by atoms with Crippen molar-refractivity contribution >= 4 is 85.8 Å². The molecule has 46 heavy (non-hydrogen) atoms. The number of carbonyl (C=O) groups excluding carboxylic acids is 1. The smallest absolute Gasteiger partial charge is 0.271 e. The summed E-state index contributed by atoms with van der Waals surface area (Å²) in [5, 5.41) is 3.64. The average molecular weight is 874 g/mol. The molecule has 1 atom stereocenters. The molecule has 11 heteroatoms. The highest BCUT2D eigenvalue weighted by atomic mass is 127. The highest BCUT2D eigenvalue weighted by Gasteiger charge is 2.32. The monoisotopic (exact) mass is 873 g/mol. The van der Waals surface area contributed by atoms with Crippen molar-refractivity contribution in [2.75, 3.05) is 12.4 Å². The van der Waals surface area contributed by atoms with E-state index in [-0.39, 0.29) is 11.5 Å². The zero-order valence-electron chi connectivity index (χ0n) is 24.6. The van der Waals surface area contributed by atoms with E-state index in [1.165, 1.54) is 11.3 Å². The Labute approximate surface area is 301 Å². The summed E-state index contributed by atoms with van der Waals surface area (Å²) in [5.74, 6) is 1.06. The first-order chi connectivity index (χ1) is 22.2. The second kappa shape index (κ2) is 14.1. The SMILES string of the molecule is COc1cccc([C@H]2C(C(=O)Nc3ccccc3)=C(C)N=c3s/c(=C\c4cc(I)c(OCc5cccc(Cl)c5)c(I)c4)c(=O)n32)c1. The van der Waals surface area contributed by atoms with Crippen LogP contribution in [0.25, 0.3) is 6.08 Å². The van der Waals surface area contributed by atoms with Crippen LogP contribution in [0.5, 0.6) is 11.5 Å². The van der Waals surface area contributed by atoms with Crippen molar-refractivity contribution in [2.24, 2.45) is 4.99 Å². The molecule has 0 spiro atoms. The van der Waals surface area contributed by atoms with Crippen LogP contribution in [-0.2, 0) is 11.4 Å². The van der Waals surface area contributed by atoms with Crippen LogP contribution in [0.1, 0.15) is 29.7 Å². The number of fused-ring (bicyclic) bond motifs is 1. The molecule has 4 aromatic carbocycles. The predicted molar refractivity (Wildman–Crippen MR) is 199 cm³/mol. The van der Waals surface area contributed by atoms with Gasteiger partial charge in [-0.05, 0) is 123 Å². The molecule has 0 fully saturated rings. The molecule has 0 saturated carbocycles. The van der Waals surface area contributed by atoms with Crippen molar-refractivity contribution in [1.29, 1.82) is 0 Å². The van der Waals surface area contributed by atoms with E-state index < -0.39 is 6.04 Å². The van der Waals surface area contributed by atoms with Crippen LogP contribution in [0.15, 0.2) is 112 Å². The number of nitrogens with zero attached hydrogens (tertiary/aromatic N) is 2. The van der Waals surface area contributed by atoms with Crippen LogP contribution < -0.4 is 29.7 Å². The number of benzene rings is 4. The van der Waals surface area contributed by atoms with E-state index in [0.717, 1.165) is 29.6 Å². The van der Waals surface area contributed by atoms with E-state index in [4.69, 9.17) is 26.1 Å². The molecule has 6 rings (SSSR count). The first kappa shape index (κ1) is 32.5. The van der Waals surface area contributed by atoms with E-state index in [9.17, 15) is 9.59 Å². The molecule has 0 bridgehead atoms. The average Bonchev–Trinajstić information content (AvgIpc) is 3.34. The third kappa shape index (κ3) is 6.94. The molecule has 0 saturated heterocycles. The number of halogens is 3. The topological polar surface area (TPSA) is 81.9 Å². The highest BCUT2D eigenvalue weighted by molar-refractivity contribution is 14.1. The number of hydrogen-bond donors (Lipinski definition) is 1. The van der Waals surface area contributed by atoms with Crippen LogP contribution >= 0.6 is 68.1 Å². The van der Waals surface area contributed by atoms with Gasteiger partial charge in [-0.1, -0.05) is 65.4 Å². The summed E-state index contributed by atoms with van der Waals surface area (Å²) < 4.78 is 15.6. The fraction of sp³-hybridized carbons (Fsp3) is 0.114. The molecule has 1 aliphatic rings. The number of carbonyl (C=O) groups is 1. The highest BCUT2D eigenvalue weighted by Crippen LogP contribution is 2.33. The Hall–Kier alpha value is -3.46. The quantitative estimate of drug-likeness (QED) is 0.166. The summed E-state index contributed by atoms with van der Waals surface area (Å²) in [6, 6.07) is 27.5. The van der Waals surface area contributed by atoms with Gasteiger partial charge in [0.25, 0.3) is 11.5 Å². The van der Waals surface area contributed by atoms with E-state index >= 15 is 0 Å². The summed E-state index contributed by atoms with van der Waals surface area (Å²) in [4.78, 5) is 33.2. The first-order valence-corrected chi connectivity index (χ1v) is 17.5. The van der Waals surface area contributed by atoms with Gasteiger partial charge in [-0.2, -0.15) is 0 Å². The fourth-order valence-electron chi connectivity index (χ4n) is 5.19. The number of allylic oxidation sites excluding steroid dienone is 1. The minimum atomic E-state index is -0.709. The molecule has 232 valence electrons. The van der Waals surface area contributed by atoms with Crippen LogP contribution in [-0.4, -0.2) is 17.6 Å². The lowest BCUT2D eigenvalue weighted by molar-refractivity contribution is -0.113. The second-order valence-electron chi connectivity index (χ2n) is 10.4. The third-order valence-electron chi connectivity index (χ3n) is 7.30. The van der Waals surface area contributed by atoms with E-state index in [1.54, 1.807) is 18.6 Å². The van der Waals surface area contributed by atoms with Crippen molar-refractivity contribution in [3.63, 3.8) is 0 Å². The molecule has 1 N–H and O–H groups in total. The molecule has 1 amide bonds. The minimum absolute atomic E-state index is 0.236. The maximum atomic E-state index is 14.2. The lowest BCUT2D eigenvalue weighted by atomic mass is 9.95. The van der Waals surface area contributed by atoms with Gasteiger partial charge in [0, 0.05) is 10.7 Å². The third-order valence-corrected chi connectivity index (χ3v) is 10.1. The Kier molecular flexibility index (Phi) is 9.97. The molecule has 1 aromatic heterocycles. The predicted octanol–water partition coefficient (Wildman–Crippen LogP) is 7.32. The molecule has 0 aliphatic carbocycles. The molecule has 2 heterocycles. The van der Waals surface area contributed by atoms with Gasteiger partial charge in [0.1, 0.15) is 18.1 Å². The van der Waals surface area contributed by atoms with Crippen LogP contribution in [0, 0.1) is 7.14 Å². The largest absolute Gasteiger partial charge is 0.497 e. The van der Waals surface area contributed by atoms with Crippen molar-refractivity contribution in [3.05, 3.63) is 151 Å². The number of para-hydroxylation sites is 1. The molecule has 0 unspecified atom stereocenters. The summed E-state index contributed by atoms with van der Waals surface area (Å²) in [6.07, 6.45) is 1.86. The van der Waals surface area contributed by atoms with Gasteiger partial charge in [-0.15, -0.1) is 0 Å². The number of rotatable bonds is 8. The second-order valence-corrected chi connectivity index (χ2v) is 14.2. The Morgan fingerprint density at radius 1 is 1.02 bits per heavy atom. The number of aromatic nitrogens is 1. The van der Waals surface area contributed by atoms with Crippen LogP contribution in [0.2, 0.25) is 5.02 Å². The van der Waals surface area contributed by atoms with Crippen molar-refractivity contribution in [1.82, 2.24) is 4.57 Å². The van der Waals surface area contributed by atoms with Crippen molar-refractivity contribution in [3.8, 4) is 11.5 Å². The van der Waals surface area contributed by atoms with Crippen molar-refractivity contribution in [2.45, 2.75) is 19.6 Å². The van der Waals surface area contributed by atoms with Gasteiger partial charge in [-0.25, -0.2) is 4.99 Å².